The summed E-state index contributed by atoms with van der Waals surface area (Å²) >= 11 is 12.6. The minimum absolute atomic E-state index is 0.138. The number of hydrogen-bond donors (Lipinski definition) is 1. The second-order valence-corrected chi connectivity index (χ2v) is 9.11. The number of hydrazine groups is 1. The largest absolute Gasteiger partial charge is 0.286 e. The Kier molecular flexibility index (Phi) is 6.47. The molecular weight excluding hydrogens is 407 g/mol. The molecule has 1 aromatic carbocycles. The van der Waals surface area contributed by atoms with Gasteiger partial charge in [-0.15, -0.1) is 0 Å². The van der Waals surface area contributed by atoms with Crippen molar-refractivity contribution in [3.63, 3.8) is 0 Å². The van der Waals surface area contributed by atoms with Crippen LogP contribution in [0.2, 0.25) is 10.0 Å². The van der Waals surface area contributed by atoms with Gasteiger partial charge in [0, 0.05) is 29.4 Å². The van der Waals surface area contributed by atoms with Gasteiger partial charge >= 0.3 is 0 Å². The van der Waals surface area contributed by atoms with E-state index in [-0.39, 0.29) is 5.91 Å². The maximum atomic E-state index is 13.0. The Hall–Kier alpha value is -1.56. The predicted molar refractivity (Wildman–Crippen MR) is 117 cm³/mol. The van der Waals surface area contributed by atoms with Crippen molar-refractivity contribution in [2.45, 2.75) is 58.3 Å². The van der Waals surface area contributed by atoms with Gasteiger partial charge in [0.2, 0.25) is 0 Å². The summed E-state index contributed by atoms with van der Waals surface area (Å²) in [5.41, 5.74) is 6.31. The van der Waals surface area contributed by atoms with Crippen LogP contribution in [-0.2, 0) is 6.42 Å². The van der Waals surface area contributed by atoms with Crippen molar-refractivity contribution in [3.05, 3.63) is 45.2 Å². The summed E-state index contributed by atoms with van der Waals surface area (Å²) in [6.07, 6.45) is 9.38. The van der Waals surface area contributed by atoms with E-state index < -0.39 is 0 Å². The highest BCUT2D eigenvalue weighted by Crippen LogP contribution is 2.32. The molecule has 2 fully saturated rings. The van der Waals surface area contributed by atoms with Gasteiger partial charge in [0.05, 0.1) is 10.7 Å². The minimum atomic E-state index is -0.138. The number of piperidine rings is 1. The van der Waals surface area contributed by atoms with Gasteiger partial charge in [0.1, 0.15) is 0 Å². The van der Waals surface area contributed by atoms with Gasteiger partial charge < -0.3 is 0 Å². The first-order chi connectivity index (χ1) is 14.0. The zero-order valence-corrected chi connectivity index (χ0v) is 18.4. The van der Waals surface area contributed by atoms with Crippen molar-refractivity contribution in [2.75, 3.05) is 13.1 Å². The lowest BCUT2D eigenvalue weighted by Gasteiger charge is -2.26. The van der Waals surface area contributed by atoms with E-state index in [4.69, 9.17) is 28.3 Å². The minimum Gasteiger partial charge on any atom is -0.283 e. The lowest BCUT2D eigenvalue weighted by Crippen LogP contribution is -2.45. The molecule has 0 bridgehead atoms. The summed E-state index contributed by atoms with van der Waals surface area (Å²) in [4.78, 5) is 13.0. The fraction of sp³-hybridized carbons (Fsp3) is 0.545. The van der Waals surface area contributed by atoms with Crippen molar-refractivity contribution in [1.29, 1.82) is 0 Å². The third kappa shape index (κ3) is 4.62. The van der Waals surface area contributed by atoms with Crippen LogP contribution in [0.1, 0.15) is 66.7 Å². The number of nitrogens with one attached hydrogen (secondary N) is 1. The number of hydrogen-bond acceptors (Lipinski definition) is 3. The van der Waals surface area contributed by atoms with E-state index in [9.17, 15) is 4.79 Å². The number of carbonyl (C=O) groups is 1. The Balaban J connectivity index is 1.68. The average molecular weight is 435 g/mol. The van der Waals surface area contributed by atoms with E-state index in [1.807, 2.05) is 28.7 Å². The van der Waals surface area contributed by atoms with Gasteiger partial charge in [-0.1, -0.05) is 55.3 Å². The van der Waals surface area contributed by atoms with Crippen molar-refractivity contribution >= 4 is 29.1 Å². The number of nitrogens with zero attached hydrogens (tertiary/aromatic N) is 3. The van der Waals surface area contributed by atoms with E-state index in [1.54, 1.807) is 6.07 Å². The van der Waals surface area contributed by atoms with Crippen LogP contribution >= 0.6 is 23.2 Å². The highest BCUT2D eigenvalue weighted by Gasteiger charge is 2.26. The van der Waals surface area contributed by atoms with E-state index in [2.05, 4.69) is 5.43 Å². The molecule has 1 N–H and O–H groups in total. The second-order valence-electron chi connectivity index (χ2n) is 8.27. The molecule has 1 saturated carbocycles. The average Bonchev–Trinajstić information content (AvgIpc) is 3.32. The summed E-state index contributed by atoms with van der Waals surface area (Å²) in [6, 6.07) is 5.41. The molecular formula is C22H28Cl2N4O. The van der Waals surface area contributed by atoms with Crippen molar-refractivity contribution in [3.8, 4) is 5.69 Å². The van der Waals surface area contributed by atoms with Crippen LogP contribution in [-0.4, -0.2) is 33.8 Å². The number of benzene rings is 1. The molecule has 1 saturated heterocycles. The smallest absolute Gasteiger partial charge is 0.283 e. The van der Waals surface area contributed by atoms with Crippen molar-refractivity contribution in [1.82, 2.24) is 20.2 Å². The fourth-order valence-electron chi connectivity index (χ4n) is 4.53. The van der Waals surface area contributed by atoms with E-state index in [0.29, 0.717) is 21.7 Å². The standard InChI is InChI=1S/C22H28Cl2N4O/c1-15-20(13-16-7-3-4-8-16)28(19-10-9-17(23)14-18(19)24)25-21(15)22(29)26-27-11-5-2-6-12-27/h9-10,14,16H,2-8,11-13H2,1H3,(H,26,29). The molecule has 2 heterocycles. The first-order valence-electron chi connectivity index (χ1n) is 10.6. The number of carbonyl (C=O) groups excluding carboxylic acids is 1. The summed E-state index contributed by atoms with van der Waals surface area (Å²) in [5, 5.41) is 7.86. The summed E-state index contributed by atoms with van der Waals surface area (Å²) in [6.45, 7) is 3.79. The van der Waals surface area contributed by atoms with Crippen LogP contribution < -0.4 is 5.43 Å². The molecule has 1 amide bonds. The maximum absolute atomic E-state index is 13.0. The van der Waals surface area contributed by atoms with Crippen LogP contribution in [0.15, 0.2) is 18.2 Å². The molecule has 156 valence electrons. The summed E-state index contributed by atoms with van der Waals surface area (Å²) in [7, 11) is 0. The molecule has 2 aromatic rings. The zero-order chi connectivity index (χ0) is 20.4. The maximum Gasteiger partial charge on any atom is 0.286 e. The quantitative estimate of drug-likeness (QED) is 0.689. The molecule has 0 atom stereocenters. The summed E-state index contributed by atoms with van der Waals surface area (Å²) < 4.78 is 1.86. The third-order valence-electron chi connectivity index (χ3n) is 6.17. The molecule has 29 heavy (non-hydrogen) atoms. The van der Waals surface area contributed by atoms with Crippen LogP contribution in [0.3, 0.4) is 0 Å². The number of aromatic nitrogens is 2. The molecule has 2 aliphatic rings. The predicted octanol–water partition coefficient (Wildman–Crippen LogP) is 5.35. The van der Waals surface area contributed by atoms with Crippen LogP contribution in [0.25, 0.3) is 5.69 Å². The van der Waals surface area contributed by atoms with Crippen molar-refractivity contribution in [2.24, 2.45) is 5.92 Å². The molecule has 0 unspecified atom stereocenters. The highest BCUT2D eigenvalue weighted by atomic mass is 35.5. The number of amides is 1. The Morgan fingerprint density at radius 1 is 1.14 bits per heavy atom. The van der Waals surface area contributed by atoms with Gasteiger partial charge in [0.25, 0.3) is 5.91 Å². The van der Waals surface area contributed by atoms with E-state index in [1.165, 1.54) is 32.1 Å². The Bertz CT molecular complexity index is 883. The normalized spacial score (nSPS) is 18.3. The van der Waals surface area contributed by atoms with E-state index in [0.717, 1.165) is 49.3 Å². The van der Waals surface area contributed by atoms with Crippen LogP contribution in [0, 0.1) is 12.8 Å². The van der Waals surface area contributed by atoms with Gasteiger partial charge in [0.15, 0.2) is 5.69 Å². The Labute approximate surface area is 182 Å². The van der Waals surface area contributed by atoms with Gasteiger partial charge in [-0.25, -0.2) is 9.69 Å². The fourth-order valence-corrected chi connectivity index (χ4v) is 5.02. The molecule has 0 radical (unpaired) electrons. The first-order valence-corrected chi connectivity index (χ1v) is 11.4. The molecule has 1 aliphatic carbocycles. The molecule has 1 aromatic heterocycles. The number of halogens is 2. The topological polar surface area (TPSA) is 50.2 Å². The lowest BCUT2D eigenvalue weighted by molar-refractivity contribution is 0.0743. The lowest BCUT2D eigenvalue weighted by atomic mass is 9.99. The van der Waals surface area contributed by atoms with Crippen LogP contribution in [0.5, 0.6) is 0 Å². The van der Waals surface area contributed by atoms with E-state index >= 15 is 0 Å². The molecule has 5 nitrogen and oxygen atoms in total. The first kappa shape index (κ1) is 20.7. The Morgan fingerprint density at radius 2 is 1.86 bits per heavy atom. The van der Waals surface area contributed by atoms with Crippen molar-refractivity contribution < 1.29 is 4.79 Å². The second kappa shape index (κ2) is 9.07. The monoisotopic (exact) mass is 434 g/mol. The molecule has 1 aliphatic heterocycles. The molecule has 7 heteroatoms. The SMILES string of the molecule is Cc1c(C(=O)NN2CCCCC2)nn(-c2ccc(Cl)cc2Cl)c1CC1CCCC1. The summed E-state index contributed by atoms with van der Waals surface area (Å²) in [5.74, 6) is 0.495. The third-order valence-corrected chi connectivity index (χ3v) is 6.71. The van der Waals surface area contributed by atoms with Crippen LogP contribution in [0.4, 0.5) is 0 Å². The zero-order valence-electron chi connectivity index (χ0n) is 16.9. The molecule has 0 spiro atoms. The van der Waals surface area contributed by atoms with Gasteiger partial charge in [-0.3, -0.25) is 10.2 Å². The molecule has 4 rings (SSSR count). The highest BCUT2D eigenvalue weighted by molar-refractivity contribution is 6.35. The Morgan fingerprint density at radius 3 is 2.55 bits per heavy atom. The number of rotatable bonds is 5. The van der Waals surface area contributed by atoms with Gasteiger partial charge in [-0.05, 0) is 50.3 Å². The van der Waals surface area contributed by atoms with Gasteiger partial charge in [-0.2, -0.15) is 5.10 Å².